The Hall–Kier alpha value is -3.78. The number of carbonyl (C=O) groups excluding carboxylic acids is 2. The van der Waals surface area contributed by atoms with Gasteiger partial charge in [-0.2, -0.15) is 0 Å². The summed E-state index contributed by atoms with van der Waals surface area (Å²) in [5, 5.41) is 2.73. The molecule has 1 heterocycles. The normalized spacial score (nSPS) is 15.4. The second kappa shape index (κ2) is 10.9. The fraction of sp³-hybridized carbons (Fsp3) is 0.259. The van der Waals surface area contributed by atoms with Gasteiger partial charge in [0.05, 0.1) is 19.3 Å². The molecule has 0 bridgehead atoms. The van der Waals surface area contributed by atoms with Crippen LogP contribution in [0.2, 0.25) is 5.02 Å². The summed E-state index contributed by atoms with van der Waals surface area (Å²) in [5.74, 6) is -0.710. The number of likely N-dealkylation sites (N-methyl/N-ethyl adjacent to an activating group) is 1. The highest BCUT2D eigenvalue weighted by atomic mass is 35.5. The van der Waals surface area contributed by atoms with E-state index >= 15 is 0 Å². The number of hydrogen-bond acceptors (Lipinski definition) is 6. The summed E-state index contributed by atoms with van der Waals surface area (Å²) in [7, 11) is 3.17. The maximum Gasteiger partial charge on any atom is 0.333 e. The molecule has 188 valence electrons. The van der Waals surface area contributed by atoms with Crippen LogP contribution in [-0.2, 0) is 9.53 Å². The molecule has 0 saturated heterocycles. The molecular weight excluding hydrogens is 487 g/mol. The Morgan fingerprint density at radius 3 is 2.69 bits per heavy atom. The van der Waals surface area contributed by atoms with Gasteiger partial charge in [-0.15, -0.1) is 0 Å². The first kappa shape index (κ1) is 25.3. The SMILES string of the molecule is COC(=O)C(NC(=O)c1ccc(OC[C@@H]2CN(C)c3ccccc3O2)cc1C)c1ccc(Cl)cc1F. The third-order valence-electron chi connectivity index (χ3n) is 5.91. The monoisotopic (exact) mass is 512 g/mol. The minimum atomic E-state index is -1.33. The third kappa shape index (κ3) is 5.54. The Kier molecular flexibility index (Phi) is 7.64. The minimum absolute atomic E-state index is 0.0452. The number of carbonyl (C=O) groups is 2. The van der Waals surface area contributed by atoms with Crippen molar-refractivity contribution >= 4 is 29.2 Å². The van der Waals surface area contributed by atoms with Crippen molar-refractivity contribution in [2.75, 3.05) is 32.2 Å². The number of rotatable bonds is 7. The van der Waals surface area contributed by atoms with E-state index in [0.717, 1.165) is 17.5 Å². The lowest BCUT2D eigenvalue weighted by Crippen LogP contribution is -2.41. The standard InChI is InChI=1S/C27H26ClFN2O5/c1-16-12-18(35-15-19-14-31(2)23-6-4-5-7-24(23)36-19)9-11-20(16)26(32)30-25(27(33)34-3)21-10-8-17(28)13-22(21)29/h4-13,19,25H,14-15H2,1-3H3,(H,30,32)/t19-,25?/m0/s1. The van der Waals surface area contributed by atoms with Crippen molar-refractivity contribution in [1.82, 2.24) is 5.32 Å². The highest BCUT2D eigenvalue weighted by Gasteiger charge is 2.28. The predicted molar refractivity (Wildman–Crippen MR) is 134 cm³/mol. The van der Waals surface area contributed by atoms with Gasteiger partial charge in [-0.05, 0) is 55.0 Å². The van der Waals surface area contributed by atoms with E-state index in [4.69, 9.17) is 25.8 Å². The van der Waals surface area contributed by atoms with Crippen LogP contribution in [0.4, 0.5) is 10.1 Å². The number of benzene rings is 3. The summed E-state index contributed by atoms with van der Waals surface area (Å²) in [5.41, 5.74) is 1.92. The van der Waals surface area contributed by atoms with Gasteiger partial charge in [0.2, 0.25) is 0 Å². The number of fused-ring (bicyclic) bond motifs is 1. The van der Waals surface area contributed by atoms with Crippen LogP contribution in [0.25, 0.3) is 0 Å². The van der Waals surface area contributed by atoms with Crippen molar-refractivity contribution in [3.63, 3.8) is 0 Å². The van der Waals surface area contributed by atoms with E-state index in [-0.39, 0.29) is 16.7 Å². The third-order valence-corrected chi connectivity index (χ3v) is 6.15. The second-order valence-electron chi connectivity index (χ2n) is 8.47. The Morgan fingerprint density at radius 2 is 1.97 bits per heavy atom. The van der Waals surface area contributed by atoms with Crippen LogP contribution in [0.1, 0.15) is 27.5 Å². The highest BCUT2D eigenvalue weighted by Crippen LogP contribution is 2.32. The Bertz CT molecular complexity index is 1280. The maximum absolute atomic E-state index is 14.5. The molecule has 1 aliphatic rings. The molecule has 0 fully saturated rings. The number of halogens is 2. The molecule has 0 spiro atoms. The summed E-state index contributed by atoms with van der Waals surface area (Å²) in [6.07, 6.45) is -0.164. The Labute approximate surface area is 213 Å². The maximum atomic E-state index is 14.5. The molecule has 0 aliphatic carbocycles. The second-order valence-corrected chi connectivity index (χ2v) is 8.91. The zero-order valence-corrected chi connectivity index (χ0v) is 20.8. The molecule has 1 N–H and O–H groups in total. The van der Waals surface area contributed by atoms with Crippen molar-refractivity contribution in [3.05, 3.63) is 88.2 Å². The summed E-state index contributed by atoms with van der Waals surface area (Å²) >= 11 is 5.81. The van der Waals surface area contributed by atoms with Gasteiger partial charge in [-0.1, -0.05) is 29.8 Å². The minimum Gasteiger partial charge on any atom is -0.490 e. The first-order valence-electron chi connectivity index (χ1n) is 11.3. The number of anilines is 1. The van der Waals surface area contributed by atoms with Gasteiger partial charge >= 0.3 is 5.97 Å². The molecule has 2 atom stereocenters. The fourth-order valence-corrected chi connectivity index (χ4v) is 4.23. The van der Waals surface area contributed by atoms with Crippen LogP contribution >= 0.6 is 11.6 Å². The zero-order chi connectivity index (χ0) is 25.8. The van der Waals surface area contributed by atoms with Gasteiger partial charge in [-0.25, -0.2) is 9.18 Å². The van der Waals surface area contributed by atoms with E-state index in [9.17, 15) is 14.0 Å². The van der Waals surface area contributed by atoms with Crippen molar-refractivity contribution in [1.29, 1.82) is 0 Å². The number of aryl methyl sites for hydroxylation is 1. The molecule has 4 rings (SSSR count). The summed E-state index contributed by atoms with van der Waals surface area (Å²) in [6, 6.07) is 15.3. The van der Waals surface area contributed by atoms with Crippen molar-refractivity contribution < 1.29 is 28.2 Å². The number of para-hydroxylation sites is 2. The number of nitrogens with zero attached hydrogens (tertiary/aromatic N) is 1. The van der Waals surface area contributed by atoms with Crippen LogP contribution in [0, 0.1) is 12.7 Å². The molecule has 0 saturated carbocycles. The lowest BCUT2D eigenvalue weighted by molar-refractivity contribution is -0.143. The van der Waals surface area contributed by atoms with E-state index in [0.29, 0.717) is 30.0 Å². The molecule has 36 heavy (non-hydrogen) atoms. The lowest BCUT2D eigenvalue weighted by Gasteiger charge is -2.33. The first-order chi connectivity index (χ1) is 17.3. The zero-order valence-electron chi connectivity index (χ0n) is 20.1. The Morgan fingerprint density at radius 1 is 1.19 bits per heavy atom. The number of esters is 1. The lowest BCUT2D eigenvalue weighted by atomic mass is 10.0. The average molecular weight is 513 g/mol. The van der Waals surface area contributed by atoms with Crippen molar-refractivity contribution in [2.45, 2.75) is 19.1 Å². The first-order valence-corrected chi connectivity index (χ1v) is 11.7. The molecule has 1 unspecified atom stereocenters. The predicted octanol–water partition coefficient (Wildman–Crippen LogP) is 4.71. The van der Waals surface area contributed by atoms with Crippen molar-refractivity contribution in [3.8, 4) is 11.5 Å². The fourth-order valence-electron chi connectivity index (χ4n) is 4.08. The summed E-state index contributed by atoms with van der Waals surface area (Å²) in [4.78, 5) is 27.4. The molecule has 0 aromatic heterocycles. The van der Waals surface area contributed by atoms with E-state index < -0.39 is 23.7 Å². The number of methoxy groups -OCH3 is 1. The van der Waals surface area contributed by atoms with Gasteiger partial charge < -0.3 is 24.4 Å². The smallest absolute Gasteiger partial charge is 0.333 e. The van der Waals surface area contributed by atoms with Gasteiger partial charge in [0.15, 0.2) is 6.04 Å². The van der Waals surface area contributed by atoms with E-state index in [1.54, 1.807) is 25.1 Å². The van der Waals surface area contributed by atoms with Gasteiger partial charge in [0, 0.05) is 23.2 Å². The highest BCUT2D eigenvalue weighted by molar-refractivity contribution is 6.30. The van der Waals surface area contributed by atoms with Crippen LogP contribution in [0.15, 0.2) is 60.7 Å². The molecule has 9 heteroatoms. The summed E-state index contributed by atoms with van der Waals surface area (Å²) in [6.45, 7) is 2.75. The quantitative estimate of drug-likeness (QED) is 0.462. The molecule has 3 aromatic rings. The molecule has 1 aliphatic heterocycles. The topological polar surface area (TPSA) is 77.1 Å². The van der Waals surface area contributed by atoms with Crippen LogP contribution < -0.4 is 19.7 Å². The van der Waals surface area contributed by atoms with Crippen molar-refractivity contribution in [2.24, 2.45) is 0 Å². The van der Waals surface area contributed by atoms with E-state index in [2.05, 4.69) is 10.2 Å². The van der Waals surface area contributed by atoms with E-state index in [1.807, 2.05) is 31.3 Å². The Balaban J connectivity index is 1.43. The largest absolute Gasteiger partial charge is 0.490 e. The van der Waals surface area contributed by atoms with Crippen LogP contribution in [0.5, 0.6) is 11.5 Å². The summed E-state index contributed by atoms with van der Waals surface area (Å²) < 4.78 is 31.2. The van der Waals surface area contributed by atoms with Gasteiger partial charge in [-0.3, -0.25) is 4.79 Å². The molecule has 1 amide bonds. The number of amides is 1. The van der Waals surface area contributed by atoms with Gasteiger partial charge in [0.1, 0.15) is 30.0 Å². The van der Waals surface area contributed by atoms with Crippen LogP contribution in [0.3, 0.4) is 0 Å². The number of hydrogen-bond donors (Lipinski definition) is 1. The van der Waals surface area contributed by atoms with E-state index in [1.165, 1.54) is 19.2 Å². The van der Waals surface area contributed by atoms with Crippen LogP contribution in [-0.4, -0.2) is 45.3 Å². The average Bonchev–Trinajstić information content (AvgIpc) is 2.86. The molecule has 7 nitrogen and oxygen atoms in total. The molecular formula is C27H26ClFN2O5. The molecule has 0 radical (unpaired) electrons. The van der Waals surface area contributed by atoms with Gasteiger partial charge in [0.25, 0.3) is 5.91 Å². The number of ether oxygens (including phenoxy) is 3. The molecule has 3 aromatic carbocycles. The number of nitrogens with one attached hydrogen (secondary N) is 1.